The number of nitrogens with one attached hydrogen (secondary N) is 1. The van der Waals surface area contributed by atoms with Crippen LogP contribution in [-0.2, 0) is 16.4 Å². The molecule has 1 amide bonds. The van der Waals surface area contributed by atoms with Crippen LogP contribution in [0.4, 0.5) is 11.4 Å². The second kappa shape index (κ2) is 8.49. The van der Waals surface area contributed by atoms with E-state index in [1.165, 1.54) is 23.5 Å². The van der Waals surface area contributed by atoms with Gasteiger partial charge in [0.15, 0.2) is 0 Å². The highest BCUT2D eigenvalue weighted by atomic mass is 32.2. The Morgan fingerprint density at radius 1 is 0.966 bits per heavy atom. The first-order valence-corrected chi connectivity index (χ1v) is 10.8. The molecule has 29 heavy (non-hydrogen) atoms. The molecule has 0 aliphatic heterocycles. The molecule has 0 radical (unpaired) electrons. The van der Waals surface area contributed by atoms with E-state index >= 15 is 0 Å². The van der Waals surface area contributed by atoms with E-state index in [2.05, 4.69) is 5.32 Å². The highest BCUT2D eigenvalue weighted by Crippen LogP contribution is 2.24. The van der Waals surface area contributed by atoms with Crippen molar-refractivity contribution in [3.63, 3.8) is 0 Å². The van der Waals surface area contributed by atoms with Crippen LogP contribution in [0.15, 0.2) is 77.7 Å². The van der Waals surface area contributed by atoms with Gasteiger partial charge in [0.25, 0.3) is 15.9 Å². The smallest absolute Gasteiger partial charge is 0.264 e. The van der Waals surface area contributed by atoms with E-state index in [0.717, 1.165) is 23.2 Å². The Bertz CT molecular complexity index is 1140. The molecule has 0 spiro atoms. The minimum atomic E-state index is -3.80. The van der Waals surface area contributed by atoms with Crippen LogP contribution in [-0.4, -0.2) is 21.4 Å². The maximum atomic E-state index is 13.1. The van der Waals surface area contributed by atoms with Crippen LogP contribution in [0.25, 0.3) is 0 Å². The monoisotopic (exact) mass is 408 g/mol. The summed E-state index contributed by atoms with van der Waals surface area (Å²) in [5, 5.41) is 2.88. The van der Waals surface area contributed by atoms with Gasteiger partial charge in [-0.25, -0.2) is 8.42 Å². The summed E-state index contributed by atoms with van der Waals surface area (Å²) in [6.45, 7) is 3.92. The summed E-state index contributed by atoms with van der Waals surface area (Å²) < 4.78 is 27.4. The van der Waals surface area contributed by atoms with Gasteiger partial charge in [0, 0.05) is 18.3 Å². The van der Waals surface area contributed by atoms with Crippen molar-refractivity contribution in [1.82, 2.24) is 0 Å². The van der Waals surface area contributed by atoms with Crippen molar-refractivity contribution < 1.29 is 13.2 Å². The molecule has 3 aromatic carbocycles. The molecule has 0 atom stereocenters. The SMILES string of the molecule is CCc1ccccc1NC(=O)c1cccc(S(=O)(=O)N(C)c2cccc(C)c2)c1. The molecule has 3 aromatic rings. The summed E-state index contributed by atoms with van der Waals surface area (Å²) in [5.74, 6) is -0.346. The van der Waals surface area contributed by atoms with Gasteiger partial charge in [-0.2, -0.15) is 0 Å². The first kappa shape index (κ1) is 20.6. The van der Waals surface area contributed by atoms with Crippen LogP contribution < -0.4 is 9.62 Å². The molecule has 0 fully saturated rings. The minimum Gasteiger partial charge on any atom is -0.322 e. The van der Waals surface area contributed by atoms with Crippen LogP contribution in [0.2, 0.25) is 0 Å². The van der Waals surface area contributed by atoms with Crippen LogP contribution in [0.5, 0.6) is 0 Å². The maximum Gasteiger partial charge on any atom is 0.264 e. The van der Waals surface area contributed by atoms with E-state index in [4.69, 9.17) is 0 Å². The Balaban J connectivity index is 1.89. The van der Waals surface area contributed by atoms with Gasteiger partial charge in [-0.05, 0) is 60.9 Å². The summed E-state index contributed by atoms with van der Waals surface area (Å²) >= 11 is 0. The quantitative estimate of drug-likeness (QED) is 0.646. The van der Waals surface area contributed by atoms with Crippen molar-refractivity contribution in [1.29, 1.82) is 0 Å². The van der Waals surface area contributed by atoms with Gasteiger partial charge in [-0.1, -0.05) is 43.3 Å². The van der Waals surface area contributed by atoms with Crippen LogP contribution in [0, 0.1) is 6.92 Å². The van der Waals surface area contributed by atoms with Gasteiger partial charge in [-0.3, -0.25) is 9.10 Å². The van der Waals surface area contributed by atoms with Crippen LogP contribution >= 0.6 is 0 Å². The van der Waals surface area contributed by atoms with Gasteiger partial charge in [0.05, 0.1) is 10.6 Å². The van der Waals surface area contributed by atoms with Gasteiger partial charge in [0.2, 0.25) is 0 Å². The third kappa shape index (κ3) is 4.49. The first-order chi connectivity index (χ1) is 13.8. The standard InChI is InChI=1S/C23H24N2O3S/c1-4-18-10-5-6-14-22(18)24-23(26)19-11-8-13-21(16-19)29(27,28)25(3)20-12-7-9-17(2)15-20/h5-16H,4H2,1-3H3,(H,24,26). The lowest BCUT2D eigenvalue weighted by molar-refractivity contribution is 0.102. The predicted molar refractivity (Wildman–Crippen MR) is 117 cm³/mol. The van der Waals surface area contributed by atoms with E-state index in [0.29, 0.717) is 5.69 Å². The van der Waals surface area contributed by atoms with Gasteiger partial charge < -0.3 is 5.32 Å². The molecule has 0 aromatic heterocycles. The van der Waals surface area contributed by atoms with Gasteiger partial charge in [-0.15, -0.1) is 0 Å². The number of para-hydroxylation sites is 1. The van der Waals surface area contributed by atoms with Crippen molar-refractivity contribution in [2.24, 2.45) is 0 Å². The summed E-state index contributed by atoms with van der Waals surface area (Å²) in [7, 11) is -2.29. The lowest BCUT2D eigenvalue weighted by atomic mass is 10.1. The van der Waals surface area contributed by atoms with Crippen molar-refractivity contribution in [2.75, 3.05) is 16.7 Å². The molecule has 0 heterocycles. The van der Waals surface area contributed by atoms with Crippen molar-refractivity contribution in [3.05, 3.63) is 89.5 Å². The number of aryl methyl sites for hydroxylation is 2. The van der Waals surface area contributed by atoms with Gasteiger partial charge >= 0.3 is 0 Å². The van der Waals surface area contributed by atoms with Crippen molar-refractivity contribution >= 4 is 27.3 Å². The Morgan fingerprint density at radius 2 is 1.69 bits per heavy atom. The van der Waals surface area contributed by atoms with Gasteiger partial charge in [0.1, 0.15) is 0 Å². The highest BCUT2D eigenvalue weighted by molar-refractivity contribution is 7.92. The Hall–Kier alpha value is -3.12. The lowest BCUT2D eigenvalue weighted by Gasteiger charge is -2.20. The Morgan fingerprint density at radius 3 is 2.41 bits per heavy atom. The fourth-order valence-electron chi connectivity index (χ4n) is 3.06. The fourth-order valence-corrected chi connectivity index (χ4v) is 4.30. The molecular weight excluding hydrogens is 384 g/mol. The Kier molecular flexibility index (Phi) is 6.03. The maximum absolute atomic E-state index is 13.1. The van der Waals surface area contributed by atoms with Crippen molar-refractivity contribution in [2.45, 2.75) is 25.2 Å². The number of hydrogen-bond acceptors (Lipinski definition) is 3. The number of sulfonamides is 1. The molecule has 0 saturated heterocycles. The molecule has 150 valence electrons. The predicted octanol–water partition coefficient (Wildman–Crippen LogP) is 4.63. The second-order valence-corrected chi connectivity index (χ2v) is 8.77. The molecular formula is C23H24N2O3S. The number of amides is 1. The number of nitrogens with zero attached hydrogens (tertiary/aromatic N) is 1. The second-order valence-electron chi connectivity index (χ2n) is 6.80. The Labute approximate surface area is 172 Å². The molecule has 0 aliphatic carbocycles. The average molecular weight is 409 g/mol. The van der Waals surface area contributed by atoms with E-state index in [1.54, 1.807) is 24.3 Å². The number of anilines is 2. The third-order valence-electron chi connectivity index (χ3n) is 4.77. The lowest BCUT2D eigenvalue weighted by Crippen LogP contribution is -2.27. The molecule has 5 nitrogen and oxygen atoms in total. The largest absolute Gasteiger partial charge is 0.322 e. The molecule has 0 bridgehead atoms. The number of rotatable bonds is 6. The zero-order chi connectivity index (χ0) is 21.0. The van der Waals surface area contributed by atoms with E-state index in [9.17, 15) is 13.2 Å². The fraction of sp³-hybridized carbons (Fsp3) is 0.174. The first-order valence-electron chi connectivity index (χ1n) is 9.38. The molecule has 3 rings (SSSR count). The third-order valence-corrected chi connectivity index (χ3v) is 6.55. The topological polar surface area (TPSA) is 66.5 Å². The normalized spacial score (nSPS) is 11.1. The molecule has 0 unspecified atom stereocenters. The summed E-state index contributed by atoms with van der Waals surface area (Å²) in [6.07, 6.45) is 0.784. The number of hydrogen-bond donors (Lipinski definition) is 1. The average Bonchev–Trinajstić information content (AvgIpc) is 2.73. The molecule has 0 saturated carbocycles. The van der Waals surface area contributed by atoms with E-state index < -0.39 is 10.0 Å². The zero-order valence-corrected chi connectivity index (χ0v) is 17.5. The van der Waals surface area contributed by atoms with E-state index in [-0.39, 0.29) is 16.4 Å². The van der Waals surface area contributed by atoms with Crippen LogP contribution in [0.3, 0.4) is 0 Å². The minimum absolute atomic E-state index is 0.0675. The molecule has 1 N–H and O–H groups in total. The number of carbonyl (C=O) groups is 1. The zero-order valence-electron chi connectivity index (χ0n) is 16.7. The molecule has 6 heteroatoms. The summed E-state index contributed by atoms with van der Waals surface area (Å²) in [4.78, 5) is 12.8. The highest BCUT2D eigenvalue weighted by Gasteiger charge is 2.22. The number of benzene rings is 3. The van der Waals surface area contributed by atoms with E-state index in [1.807, 2.05) is 50.2 Å². The molecule has 0 aliphatic rings. The number of carbonyl (C=O) groups excluding carboxylic acids is 1. The van der Waals surface area contributed by atoms with Crippen LogP contribution in [0.1, 0.15) is 28.4 Å². The summed E-state index contributed by atoms with van der Waals surface area (Å²) in [6, 6.07) is 20.9. The van der Waals surface area contributed by atoms with Crippen molar-refractivity contribution in [3.8, 4) is 0 Å². The summed E-state index contributed by atoms with van der Waals surface area (Å²) in [5.41, 5.74) is 3.56.